The molecule has 0 aliphatic rings. The van der Waals surface area contributed by atoms with Crippen LogP contribution in [0, 0.1) is 0 Å². The first-order valence-electron chi connectivity index (χ1n) is 21.3. The molecule has 12 rings (SSSR count). The third kappa shape index (κ3) is 5.96. The molecule has 12 aromatic rings. The summed E-state index contributed by atoms with van der Waals surface area (Å²) in [7, 11) is 0. The highest BCUT2D eigenvalue weighted by Crippen LogP contribution is 2.45. The lowest BCUT2D eigenvalue weighted by Crippen LogP contribution is -1.96. The lowest BCUT2D eigenvalue weighted by atomic mass is 9.94. The summed E-state index contributed by atoms with van der Waals surface area (Å²) in [6, 6.07) is 88.5. The van der Waals surface area contributed by atoms with E-state index in [-0.39, 0.29) is 0 Å². The van der Waals surface area contributed by atoms with Crippen LogP contribution in [0.1, 0.15) is 0 Å². The molecule has 0 saturated carbocycles. The van der Waals surface area contributed by atoms with Crippen molar-refractivity contribution in [3.63, 3.8) is 0 Å². The minimum atomic E-state index is 1.14. The number of fused-ring (bicyclic) bond motifs is 6. The molecule has 0 spiro atoms. The lowest BCUT2D eigenvalue weighted by molar-refractivity contribution is 1.18. The maximum Gasteiger partial charge on any atom is 0.0619 e. The van der Waals surface area contributed by atoms with Gasteiger partial charge in [-0.05, 0) is 117 Å². The van der Waals surface area contributed by atoms with Crippen molar-refractivity contribution in [2.75, 3.05) is 0 Å². The fourth-order valence-corrected chi connectivity index (χ4v) is 9.62. The van der Waals surface area contributed by atoms with Crippen LogP contribution in [0.2, 0.25) is 0 Å². The highest BCUT2D eigenvalue weighted by Gasteiger charge is 2.22. The van der Waals surface area contributed by atoms with Gasteiger partial charge in [-0.15, -0.1) is 0 Å². The molecule has 0 aliphatic carbocycles. The van der Waals surface area contributed by atoms with Gasteiger partial charge in [0, 0.05) is 44.0 Å². The van der Waals surface area contributed by atoms with E-state index in [9.17, 15) is 0 Å². The Morgan fingerprint density at radius 3 is 0.871 bits per heavy atom. The van der Waals surface area contributed by atoms with Crippen molar-refractivity contribution < 1.29 is 0 Å². The van der Waals surface area contributed by atoms with Crippen LogP contribution >= 0.6 is 0 Å². The van der Waals surface area contributed by atoms with E-state index in [0.29, 0.717) is 0 Å². The Bertz CT molecular complexity index is 3330. The van der Waals surface area contributed by atoms with E-state index in [1.54, 1.807) is 0 Å². The van der Waals surface area contributed by atoms with Gasteiger partial charge in [0.25, 0.3) is 0 Å². The molecule has 0 aliphatic heterocycles. The Kier molecular flexibility index (Phi) is 8.53. The topological polar surface area (TPSA) is 9.86 Å². The van der Waals surface area contributed by atoms with Gasteiger partial charge in [-0.25, -0.2) is 0 Å². The SMILES string of the molecule is c1ccc(-c2cc(-c3ccccc3)c3c(c2)c2cc(-c4ccc5c(c4)c4cc(-c6ccccc6)cc(-c6ccccc6)c4n5-c4ccccc4)ccc2n3-c2ccccc2)cc1. The van der Waals surface area contributed by atoms with Gasteiger partial charge in [-0.1, -0.05) is 170 Å². The third-order valence-electron chi connectivity index (χ3n) is 12.5. The molecular formula is C60H40N2. The summed E-state index contributed by atoms with van der Waals surface area (Å²) in [6.45, 7) is 0. The summed E-state index contributed by atoms with van der Waals surface area (Å²) in [5.41, 5.74) is 19.0. The Morgan fingerprint density at radius 2 is 0.516 bits per heavy atom. The first-order chi connectivity index (χ1) is 30.8. The smallest absolute Gasteiger partial charge is 0.0619 e. The zero-order chi connectivity index (χ0) is 41.0. The summed E-state index contributed by atoms with van der Waals surface area (Å²) in [5, 5.41) is 4.90. The van der Waals surface area contributed by atoms with Crippen LogP contribution in [0.3, 0.4) is 0 Å². The van der Waals surface area contributed by atoms with Crippen LogP contribution in [0.5, 0.6) is 0 Å². The predicted octanol–water partition coefficient (Wildman–Crippen LogP) is 16.2. The molecule has 2 nitrogen and oxygen atoms in total. The zero-order valence-corrected chi connectivity index (χ0v) is 34.0. The molecular weight excluding hydrogens is 749 g/mol. The molecule has 0 saturated heterocycles. The number of nitrogens with zero attached hydrogens (tertiary/aromatic N) is 2. The van der Waals surface area contributed by atoms with Crippen LogP contribution in [0.25, 0.3) is 111 Å². The highest BCUT2D eigenvalue weighted by atomic mass is 15.0. The van der Waals surface area contributed by atoms with E-state index in [2.05, 4.69) is 252 Å². The van der Waals surface area contributed by atoms with E-state index in [0.717, 1.165) is 11.4 Å². The van der Waals surface area contributed by atoms with Crippen LogP contribution in [0.15, 0.2) is 243 Å². The zero-order valence-electron chi connectivity index (χ0n) is 34.0. The molecule has 2 heteroatoms. The maximum atomic E-state index is 2.46. The van der Waals surface area contributed by atoms with E-state index in [1.807, 2.05) is 0 Å². The quantitative estimate of drug-likeness (QED) is 0.152. The normalized spacial score (nSPS) is 11.5. The second-order valence-electron chi connectivity index (χ2n) is 16.1. The van der Waals surface area contributed by atoms with Crippen molar-refractivity contribution >= 4 is 43.6 Å². The van der Waals surface area contributed by atoms with Gasteiger partial charge < -0.3 is 9.13 Å². The molecule has 2 heterocycles. The summed E-state index contributed by atoms with van der Waals surface area (Å²) in [5.74, 6) is 0. The molecule has 0 fully saturated rings. The molecule has 0 atom stereocenters. The Balaban J connectivity index is 1.15. The first kappa shape index (κ1) is 35.7. The van der Waals surface area contributed by atoms with Crippen LogP contribution in [-0.2, 0) is 0 Å². The van der Waals surface area contributed by atoms with Crippen LogP contribution < -0.4 is 0 Å². The van der Waals surface area contributed by atoms with Crippen LogP contribution in [0.4, 0.5) is 0 Å². The second kappa shape index (κ2) is 14.8. The van der Waals surface area contributed by atoms with E-state index in [1.165, 1.54) is 99.2 Å². The van der Waals surface area contributed by atoms with Crippen molar-refractivity contribution in [3.05, 3.63) is 243 Å². The van der Waals surface area contributed by atoms with Crippen molar-refractivity contribution in [2.45, 2.75) is 0 Å². The molecule has 0 bridgehead atoms. The summed E-state index contributed by atoms with van der Waals surface area (Å²) in [6.07, 6.45) is 0. The van der Waals surface area contributed by atoms with Gasteiger partial charge in [0.05, 0.1) is 22.1 Å². The second-order valence-corrected chi connectivity index (χ2v) is 16.1. The standard InChI is InChI=1S/C60H40N2/c1-7-19-41(20-8-1)47-37-51(43-23-11-3-12-24-43)59-55(39-47)53-35-45(31-33-57(53)61(59)49-27-15-5-16-28-49)46-32-34-58-54(36-46)56-40-48(42-21-9-2-10-22-42)38-52(44-25-13-4-14-26-44)60(56)62(58)50-29-17-6-18-30-50/h1-40H. The fraction of sp³-hybridized carbons (Fsp3) is 0. The van der Waals surface area contributed by atoms with Gasteiger partial charge >= 0.3 is 0 Å². The Labute approximate surface area is 360 Å². The largest absolute Gasteiger partial charge is 0.309 e. The summed E-state index contributed by atoms with van der Waals surface area (Å²) in [4.78, 5) is 0. The van der Waals surface area contributed by atoms with Crippen molar-refractivity contribution in [2.24, 2.45) is 0 Å². The molecule has 290 valence electrons. The number of aromatic nitrogens is 2. The van der Waals surface area contributed by atoms with Crippen molar-refractivity contribution in [1.82, 2.24) is 9.13 Å². The summed E-state index contributed by atoms with van der Waals surface area (Å²) < 4.78 is 4.91. The monoisotopic (exact) mass is 788 g/mol. The predicted molar refractivity (Wildman–Crippen MR) is 262 cm³/mol. The molecule has 10 aromatic carbocycles. The van der Waals surface area contributed by atoms with E-state index >= 15 is 0 Å². The maximum absolute atomic E-state index is 2.46. The molecule has 62 heavy (non-hydrogen) atoms. The highest BCUT2D eigenvalue weighted by molar-refractivity contribution is 6.18. The van der Waals surface area contributed by atoms with Gasteiger partial charge in [-0.3, -0.25) is 0 Å². The van der Waals surface area contributed by atoms with Crippen molar-refractivity contribution in [1.29, 1.82) is 0 Å². The molecule has 0 unspecified atom stereocenters. The average Bonchev–Trinajstić information content (AvgIpc) is 3.87. The number of benzene rings is 10. The number of rotatable bonds is 7. The minimum absolute atomic E-state index is 1.14. The fourth-order valence-electron chi connectivity index (χ4n) is 9.62. The van der Waals surface area contributed by atoms with Crippen LogP contribution in [-0.4, -0.2) is 9.13 Å². The molecule has 0 N–H and O–H groups in total. The Morgan fingerprint density at radius 1 is 0.210 bits per heavy atom. The average molecular weight is 789 g/mol. The number of hydrogen-bond acceptors (Lipinski definition) is 0. The van der Waals surface area contributed by atoms with Gasteiger partial charge in [0.15, 0.2) is 0 Å². The number of hydrogen-bond donors (Lipinski definition) is 0. The van der Waals surface area contributed by atoms with E-state index in [4.69, 9.17) is 0 Å². The first-order valence-corrected chi connectivity index (χ1v) is 21.3. The van der Waals surface area contributed by atoms with Gasteiger partial charge in [-0.2, -0.15) is 0 Å². The third-order valence-corrected chi connectivity index (χ3v) is 12.5. The molecule has 2 aromatic heterocycles. The van der Waals surface area contributed by atoms with Crippen molar-refractivity contribution in [3.8, 4) is 67.0 Å². The Hall–Kier alpha value is -8.20. The molecule has 0 amide bonds. The summed E-state index contributed by atoms with van der Waals surface area (Å²) >= 11 is 0. The van der Waals surface area contributed by atoms with Gasteiger partial charge in [0.2, 0.25) is 0 Å². The minimum Gasteiger partial charge on any atom is -0.309 e. The van der Waals surface area contributed by atoms with E-state index < -0.39 is 0 Å². The lowest BCUT2D eigenvalue weighted by Gasteiger charge is -2.14. The number of para-hydroxylation sites is 2. The molecule has 0 radical (unpaired) electrons. The van der Waals surface area contributed by atoms with Gasteiger partial charge in [0.1, 0.15) is 0 Å².